The molecule has 1 spiro atoms. The van der Waals surface area contributed by atoms with Crippen molar-refractivity contribution in [3.8, 4) is 0 Å². The summed E-state index contributed by atoms with van der Waals surface area (Å²) in [6.07, 6.45) is 3.45. The topological polar surface area (TPSA) is 108 Å². The highest BCUT2D eigenvalue weighted by molar-refractivity contribution is 6.02. The van der Waals surface area contributed by atoms with E-state index in [0.29, 0.717) is 24.9 Å². The first-order chi connectivity index (χ1) is 16.2. The van der Waals surface area contributed by atoms with Gasteiger partial charge < -0.3 is 25.4 Å². The van der Waals surface area contributed by atoms with Gasteiger partial charge in [0.25, 0.3) is 0 Å². The molecule has 186 valence electrons. The fraction of sp³-hybridized carbons (Fsp3) is 0.654. The van der Waals surface area contributed by atoms with Crippen LogP contribution in [-0.4, -0.2) is 63.7 Å². The second-order valence-electron chi connectivity index (χ2n) is 10.2. The summed E-state index contributed by atoms with van der Waals surface area (Å²) in [6, 6.07) is 7.67. The standard InChI is InChI=1S/C26H37N3O5/c1-5-10-16(3)27-23(32)21-26-14-13-25(6-2,34-26)19(20(26)24(33)29(21)17(4)15-30)22(31)28-18-11-8-7-9-12-18/h7-9,11-12,16-17,19-21,30H,5-6,10,13-15H2,1-4H3,(H,27,32)(H,28,31)/t16?,17-,19-,20+,21?,25+,26?/m1/s1. The van der Waals surface area contributed by atoms with Crippen molar-refractivity contribution in [2.24, 2.45) is 11.8 Å². The molecule has 2 bridgehead atoms. The number of aliphatic hydroxyl groups is 1. The molecule has 34 heavy (non-hydrogen) atoms. The number of hydrogen-bond acceptors (Lipinski definition) is 5. The van der Waals surface area contributed by atoms with Crippen molar-refractivity contribution in [1.29, 1.82) is 0 Å². The molecule has 7 atom stereocenters. The summed E-state index contributed by atoms with van der Waals surface area (Å²) >= 11 is 0. The number of para-hydroxylation sites is 1. The summed E-state index contributed by atoms with van der Waals surface area (Å²) in [6.45, 7) is 7.43. The molecule has 3 N–H and O–H groups in total. The monoisotopic (exact) mass is 471 g/mol. The van der Waals surface area contributed by atoms with Crippen molar-refractivity contribution < 1.29 is 24.2 Å². The van der Waals surface area contributed by atoms with Gasteiger partial charge in [0, 0.05) is 11.7 Å². The van der Waals surface area contributed by atoms with Crippen LogP contribution < -0.4 is 10.6 Å². The quantitative estimate of drug-likeness (QED) is 0.513. The van der Waals surface area contributed by atoms with E-state index in [1.807, 2.05) is 44.2 Å². The van der Waals surface area contributed by atoms with Gasteiger partial charge in [0.15, 0.2) is 0 Å². The van der Waals surface area contributed by atoms with Crippen molar-refractivity contribution >= 4 is 23.4 Å². The van der Waals surface area contributed by atoms with Crippen LogP contribution in [0.4, 0.5) is 5.69 Å². The van der Waals surface area contributed by atoms with Gasteiger partial charge in [-0.2, -0.15) is 0 Å². The molecule has 0 aliphatic carbocycles. The number of benzene rings is 1. The lowest BCUT2D eigenvalue weighted by atomic mass is 9.65. The summed E-state index contributed by atoms with van der Waals surface area (Å²) in [4.78, 5) is 42.6. The average Bonchev–Trinajstić information content (AvgIpc) is 3.43. The number of nitrogens with one attached hydrogen (secondary N) is 2. The number of ether oxygens (including phenoxy) is 1. The lowest BCUT2D eigenvalue weighted by molar-refractivity contribution is -0.149. The Kier molecular flexibility index (Phi) is 6.75. The van der Waals surface area contributed by atoms with Crippen molar-refractivity contribution in [3.05, 3.63) is 30.3 Å². The molecule has 0 radical (unpaired) electrons. The average molecular weight is 472 g/mol. The van der Waals surface area contributed by atoms with Crippen LogP contribution in [0.3, 0.4) is 0 Å². The Labute approximate surface area is 201 Å². The van der Waals surface area contributed by atoms with E-state index in [1.54, 1.807) is 6.92 Å². The third-order valence-corrected chi connectivity index (χ3v) is 8.04. The number of nitrogens with zero attached hydrogens (tertiary/aromatic N) is 1. The van der Waals surface area contributed by atoms with E-state index in [-0.39, 0.29) is 30.4 Å². The third-order valence-electron chi connectivity index (χ3n) is 8.04. The molecule has 3 amide bonds. The van der Waals surface area contributed by atoms with Crippen LogP contribution >= 0.6 is 0 Å². The number of fused-ring (bicyclic) bond motifs is 1. The summed E-state index contributed by atoms with van der Waals surface area (Å²) in [5.74, 6) is -2.29. The third kappa shape index (κ3) is 3.71. The van der Waals surface area contributed by atoms with Crippen LogP contribution in [0, 0.1) is 11.8 Å². The predicted molar refractivity (Wildman–Crippen MR) is 128 cm³/mol. The molecule has 3 heterocycles. The first-order valence-electron chi connectivity index (χ1n) is 12.5. The Balaban J connectivity index is 1.73. The first-order valence-corrected chi connectivity index (χ1v) is 12.5. The highest BCUT2D eigenvalue weighted by atomic mass is 16.5. The van der Waals surface area contributed by atoms with Gasteiger partial charge in [0.1, 0.15) is 11.6 Å². The van der Waals surface area contributed by atoms with E-state index in [2.05, 4.69) is 17.6 Å². The smallest absolute Gasteiger partial charge is 0.246 e. The molecular formula is C26H37N3O5. The highest BCUT2D eigenvalue weighted by Gasteiger charge is 2.79. The summed E-state index contributed by atoms with van der Waals surface area (Å²) < 4.78 is 6.70. The minimum atomic E-state index is -1.08. The molecule has 3 aliphatic heterocycles. The molecule has 3 saturated heterocycles. The molecule has 3 unspecified atom stereocenters. The molecule has 0 saturated carbocycles. The van der Waals surface area contributed by atoms with E-state index in [0.717, 1.165) is 12.8 Å². The normalized spacial score (nSPS) is 33.5. The molecule has 1 aromatic rings. The summed E-state index contributed by atoms with van der Waals surface area (Å²) in [5, 5.41) is 16.0. The van der Waals surface area contributed by atoms with Crippen LogP contribution in [0.2, 0.25) is 0 Å². The zero-order valence-corrected chi connectivity index (χ0v) is 20.5. The van der Waals surface area contributed by atoms with Gasteiger partial charge in [-0.1, -0.05) is 38.5 Å². The van der Waals surface area contributed by atoms with Crippen molar-refractivity contribution in [3.63, 3.8) is 0 Å². The number of hydrogen-bond donors (Lipinski definition) is 3. The minimum Gasteiger partial charge on any atom is -0.394 e. The second kappa shape index (κ2) is 9.30. The molecular weight excluding hydrogens is 434 g/mol. The SMILES string of the molecule is CCCC(C)NC(=O)C1N([C@H](C)CO)C(=O)[C@@H]2[C@H](C(=O)Nc3ccccc3)[C@]3(CC)CCC12O3. The Morgan fingerprint density at radius 1 is 1.18 bits per heavy atom. The predicted octanol–water partition coefficient (Wildman–Crippen LogP) is 2.47. The second-order valence-corrected chi connectivity index (χ2v) is 10.2. The Morgan fingerprint density at radius 2 is 1.88 bits per heavy atom. The molecule has 3 aliphatic rings. The first kappa shape index (κ1) is 24.7. The number of carbonyl (C=O) groups is 3. The van der Waals surface area contributed by atoms with Crippen molar-refractivity contribution in [2.75, 3.05) is 11.9 Å². The fourth-order valence-electron chi connectivity index (χ4n) is 6.48. The number of likely N-dealkylation sites (tertiary alicyclic amines) is 1. The van der Waals surface area contributed by atoms with Gasteiger partial charge in [-0.3, -0.25) is 14.4 Å². The van der Waals surface area contributed by atoms with Crippen LogP contribution in [-0.2, 0) is 19.1 Å². The number of carbonyl (C=O) groups excluding carboxylic acids is 3. The zero-order chi connectivity index (χ0) is 24.7. The minimum absolute atomic E-state index is 0.0507. The molecule has 0 aromatic heterocycles. The maximum Gasteiger partial charge on any atom is 0.246 e. The molecule has 8 heteroatoms. The Morgan fingerprint density at radius 3 is 2.50 bits per heavy atom. The van der Waals surface area contributed by atoms with Gasteiger partial charge in [-0.15, -0.1) is 0 Å². The van der Waals surface area contributed by atoms with Gasteiger partial charge in [-0.25, -0.2) is 0 Å². The Hall–Kier alpha value is -2.45. The number of anilines is 1. The van der Waals surface area contributed by atoms with Crippen LogP contribution in [0.5, 0.6) is 0 Å². The largest absolute Gasteiger partial charge is 0.394 e. The number of rotatable bonds is 9. The van der Waals surface area contributed by atoms with Crippen LogP contribution in [0.15, 0.2) is 30.3 Å². The summed E-state index contributed by atoms with van der Waals surface area (Å²) in [7, 11) is 0. The van der Waals surface area contributed by atoms with E-state index in [9.17, 15) is 19.5 Å². The van der Waals surface area contributed by atoms with Crippen molar-refractivity contribution in [2.45, 2.75) is 89.1 Å². The highest BCUT2D eigenvalue weighted by Crippen LogP contribution is 2.64. The van der Waals surface area contributed by atoms with Crippen LogP contribution in [0.1, 0.15) is 59.8 Å². The maximum atomic E-state index is 13.9. The van der Waals surface area contributed by atoms with E-state index < -0.39 is 35.1 Å². The lowest BCUT2D eigenvalue weighted by Gasteiger charge is -2.36. The van der Waals surface area contributed by atoms with E-state index >= 15 is 0 Å². The van der Waals surface area contributed by atoms with Gasteiger partial charge in [0.05, 0.1) is 30.1 Å². The molecule has 3 fully saturated rings. The number of aliphatic hydroxyl groups excluding tert-OH is 1. The zero-order valence-electron chi connectivity index (χ0n) is 20.5. The fourth-order valence-corrected chi connectivity index (χ4v) is 6.48. The maximum absolute atomic E-state index is 13.9. The molecule has 1 aromatic carbocycles. The van der Waals surface area contributed by atoms with Gasteiger partial charge in [-0.05, 0) is 51.7 Å². The Bertz CT molecular complexity index is 940. The van der Waals surface area contributed by atoms with Gasteiger partial charge in [0.2, 0.25) is 17.7 Å². The summed E-state index contributed by atoms with van der Waals surface area (Å²) in [5.41, 5.74) is -1.21. The van der Waals surface area contributed by atoms with Gasteiger partial charge >= 0.3 is 0 Å². The molecule has 8 nitrogen and oxygen atoms in total. The van der Waals surface area contributed by atoms with Crippen LogP contribution in [0.25, 0.3) is 0 Å². The van der Waals surface area contributed by atoms with E-state index in [1.165, 1.54) is 4.90 Å². The molecule has 4 rings (SSSR count). The van der Waals surface area contributed by atoms with E-state index in [4.69, 9.17) is 4.74 Å². The lowest BCUT2D eigenvalue weighted by Crippen LogP contribution is -2.58. The number of amides is 3. The van der Waals surface area contributed by atoms with Crippen molar-refractivity contribution in [1.82, 2.24) is 10.2 Å².